The Labute approximate surface area is 115 Å². The maximum Gasteiger partial charge on any atom is 0.160 e. The number of hydrogen-bond donors (Lipinski definition) is 0. The molecule has 3 aromatic rings. The van der Waals surface area contributed by atoms with Crippen LogP contribution in [-0.4, -0.2) is 21.7 Å². The molecule has 0 bridgehead atoms. The molecule has 0 fully saturated rings. The van der Waals surface area contributed by atoms with E-state index in [4.69, 9.17) is 16.3 Å². The van der Waals surface area contributed by atoms with E-state index in [0.717, 1.165) is 22.8 Å². The van der Waals surface area contributed by atoms with E-state index in [1.165, 1.54) is 0 Å². The highest BCUT2D eigenvalue weighted by molar-refractivity contribution is 6.30. The summed E-state index contributed by atoms with van der Waals surface area (Å²) in [4.78, 5) is 0. The minimum atomic E-state index is 0.666. The van der Waals surface area contributed by atoms with Crippen molar-refractivity contribution in [1.29, 1.82) is 0 Å². The molecule has 2 aromatic heterocycles. The average molecular weight is 274 g/mol. The molecule has 96 valence electrons. The number of rotatable bonds is 3. The van der Waals surface area contributed by atoms with Crippen molar-refractivity contribution in [2.75, 3.05) is 7.11 Å². The lowest BCUT2D eigenvalue weighted by Crippen LogP contribution is -1.96. The van der Waals surface area contributed by atoms with E-state index >= 15 is 0 Å². The van der Waals surface area contributed by atoms with Crippen molar-refractivity contribution < 1.29 is 4.74 Å². The number of fused-ring (bicyclic) bond motifs is 1. The van der Waals surface area contributed by atoms with Crippen LogP contribution in [-0.2, 0) is 6.42 Å². The zero-order valence-corrected chi connectivity index (χ0v) is 11.1. The lowest BCUT2D eigenvalue weighted by atomic mass is 10.1. The number of nitrogens with zero attached hydrogens (tertiary/aromatic N) is 3. The van der Waals surface area contributed by atoms with Crippen LogP contribution in [0.5, 0.6) is 5.75 Å². The molecule has 0 unspecified atom stereocenters. The maximum absolute atomic E-state index is 6.00. The molecule has 0 saturated heterocycles. The lowest BCUT2D eigenvalue weighted by Gasteiger charge is -2.04. The van der Waals surface area contributed by atoms with Crippen LogP contribution in [0.3, 0.4) is 0 Å². The van der Waals surface area contributed by atoms with Crippen LogP contribution < -0.4 is 4.74 Å². The number of methoxy groups -OCH3 is 1. The third-order valence-electron chi connectivity index (χ3n) is 2.93. The van der Waals surface area contributed by atoms with Crippen molar-refractivity contribution in [2.45, 2.75) is 6.42 Å². The van der Waals surface area contributed by atoms with Crippen molar-refractivity contribution in [3.8, 4) is 5.75 Å². The van der Waals surface area contributed by atoms with Crippen molar-refractivity contribution in [2.24, 2.45) is 0 Å². The molecule has 4 nitrogen and oxygen atoms in total. The van der Waals surface area contributed by atoms with Gasteiger partial charge in [0.15, 0.2) is 5.65 Å². The number of pyridine rings is 1. The van der Waals surface area contributed by atoms with E-state index in [1.54, 1.807) is 13.2 Å². The molecular formula is C14H12ClN3O. The van der Waals surface area contributed by atoms with Crippen LogP contribution in [0.15, 0.2) is 42.6 Å². The number of ether oxygens (including phenoxy) is 1. The Morgan fingerprint density at radius 3 is 2.95 bits per heavy atom. The molecule has 19 heavy (non-hydrogen) atoms. The summed E-state index contributed by atoms with van der Waals surface area (Å²) in [5.41, 5.74) is 1.91. The monoisotopic (exact) mass is 273 g/mol. The van der Waals surface area contributed by atoms with Gasteiger partial charge in [0.05, 0.1) is 12.1 Å². The number of halogens is 1. The second-order valence-corrected chi connectivity index (χ2v) is 4.66. The third kappa shape index (κ3) is 2.39. The molecule has 2 heterocycles. The van der Waals surface area contributed by atoms with Gasteiger partial charge in [0.2, 0.25) is 0 Å². The van der Waals surface area contributed by atoms with Gasteiger partial charge in [-0.2, -0.15) is 0 Å². The van der Waals surface area contributed by atoms with Crippen LogP contribution in [0, 0.1) is 0 Å². The summed E-state index contributed by atoms with van der Waals surface area (Å²) in [6, 6.07) is 11.6. The summed E-state index contributed by atoms with van der Waals surface area (Å²) in [6.07, 6.45) is 2.51. The zero-order chi connectivity index (χ0) is 13.2. The summed E-state index contributed by atoms with van der Waals surface area (Å²) < 4.78 is 7.12. The fourth-order valence-corrected chi connectivity index (χ4v) is 2.16. The number of benzene rings is 1. The Balaban J connectivity index is 1.98. The minimum Gasteiger partial charge on any atom is -0.497 e. The molecule has 0 radical (unpaired) electrons. The van der Waals surface area contributed by atoms with Gasteiger partial charge in [-0.1, -0.05) is 23.7 Å². The van der Waals surface area contributed by atoms with Crippen LogP contribution >= 0.6 is 11.6 Å². The number of aromatic nitrogens is 3. The lowest BCUT2D eigenvalue weighted by molar-refractivity contribution is 0.414. The van der Waals surface area contributed by atoms with Crippen molar-refractivity contribution in [3.63, 3.8) is 0 Å². The summed E-state index contributed by atoms with van der Waals surface area (Å²) in [5, 5.41) is 8.99. The van der Waals surface area contributed by atoms with Crippen molar-refractivity contribution >= 4 is 17.2 Å². The van der Waals surface area contributed by atoms with E-state index in [2.05, 4.69) is 10.2 Å². The number of hydrogen-bond acceptors (Lipinski definition) is 3. The first kappa shape index (κ1) is 12.0. The predicted molar refractivity (Wildman–Crippen MR) is 73.8 cm³/mol. The molecule has 0 aliphatic carbocycles. The first-order chi connectivity index (χ1) is 9.26. The summed E-state index contributed by atoms with van der Waals surface area (Å²) in [6.45, 7) is 0. The first-order valence-corrected chi connectivity index (χ1v) is 6.26. The van der Waals surface area contributed by atoms with Gasteiger partial charge in [-0.25, -0.2) is 0 Å². The minimum absolute atomic E-state index is 0.666. The zero-order valence-electron chi connectivity index (χ0n) is 10.4. The molecule has 0 aliphatic heterocycles. The van der Waals surface area contributed by atoms with Gasteiger partial charge < -0.3 is 4.74 Å². The maximum atomic E-state index is 6.00. The smallest absolute Gasteiger partial charge is 0.160 e. The first-order valence-electron chi connectivity index (χ1n) is 5.88. The summed E-state index contributed by atoms with van der Waals surface area (Å²) in [5.74, 6) is 1.69. The highest BCUT2D eigenvalue weighted by Crippen LogP contribution is 2.17. The van der Waals surface area contributed by atoms with Crippen molar-refractivity contribution in [3.05, 3.63) is 59.0 Å². The fourth-order valence-electron chi connectivity index (χ4n) is 2.00. The van der Waals surface area contributed by atoms with E-state index in [0.29, 0.717) is 11.4 Å². The van der Waals surface area contributed by atoms with E-state index in [-0.39, 0.29) is 0 Å². The Bertz CT molecular complexity index is 724. The summed E-state index contributed by atoms with van der Waals surface area (Å²) >= 11 is 6.00. The molecule has 0 saturated carbocycles. The molecule has 1 aromatic carbocycles. The molecule has 0 amide bonds. The standard InChI is InChI=1S/C14H12ClN3O/c1-19-12-4-2-3-10(7-12)8-14-17-16-13-6-5-11(15)9-18(13)14/h2-7,9H,8H2,1H3. The topological polar surface area (TPSA) is 39.4 Å². The van der Waals surface area contributed by atoms with E-state index in [9.17, 15) is 0 Å². The second-order valence-electron chi connectivity index (χ2n) is 4.22. The average Bonchev–Trinajstić information content (AvgIpc) is 2.81. The van der Waals surface area contributed by atoms with Gasteiger partial charge in [-0.3, -0.25) is 4.40 Å². The van der Waals surface area contributed by atoms with Gasteiger partial charge in [0, 0.05) is 12.6 Å². The van der Waals surface area contributed by atoms with Crippen LogP contribution in [0.1, 0.15) is 11.4 Å². The van der Waals surface area contributed by atoms with Crippen LogP contribution in [0.2, 0.25) is 5.02 Å². The molecule has 0 aliphatic rings. The highest BCUT2D eigenvalue weighted by Gasteiger charge is 2.07. The van der Waals surface area contributed by atoms with E-state index in [1.807, 2.05) is 40.9 Å². The van der Waals surface area contributed by atoms with E-state index < -0.39 is 0 Å². The van der Waals surface area contributed by atoms with Crippen molar-refractivity contribution in [1.82, 2.24) is 14.6 Å². The Hall–Kier alpha value is -2.07. The normalized spacial score (nSPS) is 10.8. The van der Waals surface area contributed by atoms with Gasteiger partial charge in [0.1, 0.15) is 11.6 Å². The Morgan fingerprint density at radius 2 is 2.11 bits per heavy atom. The third-order valence-corrected chi connectivity index (χ3v) is 3.16. The SMILES string of the molecule is COc1cccc(Cc2nnc3ccc(Cl)cn23)c1. The molecular weight excluding hydrogens is 262 g/mol. The predicted octanol–water partition coefficient (Wildman–Crippen LogP) is 2.98. The van der Waals surface area contributed by atoms with Crippen LogP contribution in [0.25, 0.3) is 5.65 Å². The van der Waals surface area contributed by atoms with Gasteiger partial charge in [-0.05, 0) is 29.8 Å². The van der Waals surface area contributed by atoms with Crippen LogP contribution in [0.4, 0.5) is 0 Å². The molecule has 0 atom stereocenters. The van der Waals surface area contributed by atoms with Gasteiger partial charge in [-0.15, -0.1) is 10.2 Å². The van der Waals surface area contributed by atoms with Gasteiger partial charge in [0.25, 0.3) is 0 Å². The fraction of sp³-hybridized carbons (Fsp3) is 0.143. The molecule has 0 spiro atoms. The highest BCUT2D eigenvalue weighted by atomic mass is 35.5. The van der Waals surface area contributed by atoms with Gasteiger partial charge >= 0.3 is 0 Å². The second kappa shape index (κ2) is 4.90. The molecule has 0 N–H and O–H groups in total. The largest absolute Gasteiger partial charge is 0.497 e. The molecule has 5 heteroatoms. The quantitative estimate of drug-likeness (QED) is 0.736. The Kier molecular flexibility index (Phi) is 3.09. The molecule has 3 rings (SSSR count). The Morgan fingerprint density at radius 1 is 1.21 bits per heavy atom. The summed E-state index contributed by atoms with van der Waals surface area (Å²) in [7, 11) is 1.66.